The summed E-state index contributed by atoms with van der Waals surface area (Å²) < 4.78 is 2.24. The summed E-state index contributed by atoms with van der Waals surface area (Å²) in [5.41, 5.74) is 3.07. The summed E-state index contributed by atoms with van der Waals surface area (Å²) in [6.07, 6.45) is 0. The maximum atomic E-state index is 11.9. The summed E-state index contributed by atoms with van der Waals surface area (Å²) in [7, 11) is 0. The molecule has 2 aromatic heterocycles. The van der Waals surface area contributed by atoms with Crippen molar-refractivity contribution < 1.29 is 0 Å². The molecule has 0 aliphatic rings. The Morgan fingerprint density at radius 1 is 1.28 bits per heavy atom. The van der Waals surface area contributed by atoms with Gasteiger partial charge in [-0.05, 0) is 22.9 Å². The summed E-state index contributed by atoms with van der Waals surface area (Å²) in [4.78, 5) is 16.2. The number of hydrogen-bond acceptors (Lipinski definition) is 2. The van der Waals surface area contributed by atoms with E-state index < -0.39 is 0 Å². The number of fused-ring (bicyclic) bond motifs is 1. The van der Waals surface area contributed by atoms with Crippen molar-refractivity contribution in [3.8, 4) is 11.3 Å². The van der Waals surface area contributed by atoms with Crippen LogP contribution in [0.4, 0.5) is 0 Å². The van der Waals surface area contributed by atoms with Crippen LogP contribution in [0.5, 0.6) is 0 Å². The van der Waals surface area contributed by atoms with Crippen LogP contribution in [-0.2, 0) is 0 Å². The van der Waals surface area contributed by atoms with Crippen molar-refractivity contribution in [2.24, 2.45) is 0 Å². The van der Waals surface area contributed by atoms with Gasteiger partial charge in [0.2, 0.25) is 0 Å². The van der Waals surface area contributed by atoms with Crippen molar-refractivity contribution in [2.75, 3.05) is 0 Å². The fraction of sp³-hybridized carbons (Fsp3) is 0.0769. The van der Waals surface area contributed by atoms with E-state index in [9.17, 15) is 4.79 Å². The summed E-state index contributed by atoms with van der Waals surface area (Å²) in [5, 5.41) is 3.07. The number of aromatic amines is 1. The van der Waals surface area contributed by atoms with Gasteiger partial charge in [-0.25, -0.2) is 4.98 Å². The van der Waals surface area contributed by atoms with Gasteiger partial charge in [-0.1, -0.05) is 30.3 Å². The fourth-order valence-electron chi connectivity index (χ4n) is 1.92. The Morgan fingerprint density at radius 3 is 2.72 bits per heavy atom. The molecule has 1 aromatic carbocycles. The molecule has 0 amide bonds. The smallest absolute Gasteiger partial charge is 0.272 e. The molecule has 0 saturated heterocycles. The average molecular weight is 304 g/mol. The molecule has 0 radical (unpaired) electrons. The molecule has 90 valence electrons. The van der Waals surface area contributed by atoms with Crippen LogP contribution in [0.25, 0.3) is 16.9 Å². The predicted molar refractivity (Wildman–Crippen MR) is 73.7 cm³/mol. The lowest BCUT2D eigenvalue weighted by atomic mass is 10.2. The Bertz CT molecular complexity index is 774. The molecule has 5 heteroatoms. The number of aromatic nitrogens is 3. The van der Waals surface area contributed by atoms with Gasteiger partial charge in [0.1, 0.15) is 0 Å². The molecular weight excluding hydrogens is 294 g/mol. The van der Waals surface area contributed by atoms with Crippen LogP contribution in [0.3, 0.4) is 0 Å². The topological polar surface area (TPSA) is 50.2 Å². The third-order valence-electron chi connectivity index (χ3n) is 2.75. The molecule has 4 nitrogen and oxygen atoms in total. The molecule has 3 aromatic rings. The first-order valence-electron chi connectivity index (χ1n) is 5.50. The summed E-state index contributed by atoms with van der Waals surface area (Å²) in [5.74, 6) is 0. The van der Waals surface area contributed by atoms with Gasteiger partial charge in [-0.15, -0.1) is 0 Å². The van der Waals surface area contributed by atoms with Gasteiger partial charge in [0.25, 0.3) is 5.56 Å². The molecule has 18 heavy (non-hydrogen) atoms. The number of rotatable bonds is 1. The van der Waals surface area contributed by atoms with E-state index in [0.29, 0.717) is 11.3 Å². The Morgan fingerprint density at radius 2 is 2.00 bits per heavy atom. The first-order valence-corrected chi connectivity index (χ1v) is 6.29. The Hall–Kier alpha value is -1.88. The van der Waals surface area contributed by atoms with Crippen LogP contribution in [0, 0.1) is 6.92 Å². The number of benzene rings is 1. The van der Waals surface area contributed by atoms with Crippen LogP contribution in [0.2, 0.25) is 0 Å². The highest BCUT2D eigenvalue weighted by molar-refractivity contribution is 9.10. The molecular formula is C13H10BrN3O. The third kappa shape index (κ3) is 1.67. The average Bonchev–Trinajstić information content (AvgIpc) is 2.69. The number of nitrogens with one attached hydrogen (secondary N) is 1. The zero-order valence-corrected chi connectivity index (χ0v) is 11.2. The number of H-pyrrole nitrogens is 1. The highest BCUT2D eigenvalue weighted by Crippen LogP contribution is 2.29. The van der Waals surface area contributed by atoms with Gasteiger partial charge >= 0.3 is 0 Å². The molecule has 0 aliphatic carbocycles. The van der Waals surface area contributed by atoms with Crippen LogP contribution >= 0.6 is 15.9 Å². The van der Waals surface area contributed by atoms with Crippen LogP contribution in [0.15, 0.2) is 45.7 Å². The molecule has 0 saturated carbocycles. The quantitative estimate of drug-likeness (QED) is 0.751. The molecule has 0 aliphatic heterocycles. The minimum absolute atomic E-state index is 0.111. The molecule has 0 spiro atoms. The first kappa shape index (κ1) is 11.2. The molecule has 2 heterocycles. The minimum Gasteiger partial charge on any atom is -0.288 e. The number of halogens is 1. The van der Waals surface area contributed by atoms with Gasteiger partial charge in [-0.2, -0.15) is 4.52 Å². The molecule has 1 N–H and O–H groups in total. The van der Waals surface area contributed by atoms with Crippen molar-refractivity contribution in [3.05, 3.63) is 56.9 Å². The lowest BCUT2D eigenvalue weighted by Gasteiger charge is -1.96. The molecule has 0 bridgehead atoms. The van der Waals surface area contributed by atoms with E-state index in [2.05, 4.69) is 26.0 Å². The van der Waals surface area contributed by atoms with E-state index in [1.807, 2.05) is 37.3 Å². The Labute approximate surface area is 111 Å². The maximum Gasteiger partial charge on any atom is 0.272 e. The van der Waals surface area contributed by atoms with Gasteiger partial charge in [0, 0.05) is 17.3 Å². The van der Waals surface area contributed by atoms with Crippen LogP contribution in [-0.4, -0.2) is 14.6 Å². The lowest BCUT2D eigenvalue weighted by molar-refractivity contribution is 0.893. The maximum absolute atomic E-state index is 11.9. The number of hydrogen-bond donors (Lipinski definition) is 1. The van der Waals surface area contributed by atoms with E-state index in [-0.39, 0.29) is 5.56 Å². The zero-order valence-electron chi connectivity index (χ0n) is 9.64. The van der Waals surface area contributed by atoms with Crippen molar-refractivity contribution in [1.29, 1.82) is 0 Å². The van der Waals surface area contributed by atoms with Crippen molar-refractivity contribution >= 4 is 21.6 Å². The van der Waals surface area contributed by atoms with Gasteiger partial charge in [-0.3, -0.25) is 9.89 Å². The van der Waals surface area contributed by atoms with E-state index in [1.165, 1.54) is 10.6 Å². The molecule has 3 rings (SSSR count). The van der Waals surface area contributed by atoms with Crippen molar-refractivity contribution in [3.63, 3.8) is 0 Å². The van der Waals surface area contributed by atoms with Gasteiger partial charge < -0.3 is 0 Å². The van der Waals surface area contributed by atoms with Crippen LogP contribution < -0.4 is 5.56 Å². The molecule has 0 fully saturated rings. The van der Waals surface area contributed by atoms with E-state index in [1.54, 1.807) is 0 Å². The fourth-order valence-corrected chi connectivity index (χ4v) is 2.50. The monoisotopic (exact) mass is 303 g/mol. The van der Waals surface area contributed by atoms with Gasteiger partial charge in [0.15, 0.2) is 5.65 Å². The summed E-state index contributed by atoms with van der Waals surface area (Å²) in [6, 6.07) is 11.3. The number of aryl methyl sites for hydroxylation is 1. The largest absolute Gasteiger partial charge is 0.288 e. The summed E-state index contributed by atoms with van der Waals surface area (Å²) in [6.45, 7) is 1.81. The predicted octanol–water partition coefficient (Wildman–Crippen LogP) is 2.76. The standard InChI is InChI=1S/C13H10BrN3O/c1-8-7-10(18)17-13(15-8)11(14)12(16-17)9-5-3-2-4-6-9/h2-7,16H,1H3. The van der Waals surface area contributed by atoms with Crippen molar-refractivity contribution in [2.45, 2.75) is 6.92 Å². The Kier molecular flexibility index (Phi) is 2.56. The highest BCUT2D eigenvalue weighted by atomic mass is 79.9. The van der Waals surface area contributed by atoms with E-state index >= 15 is 0 Å². The van der Waals surface area contributed by atoms with Crippen molar-refractivity contribution in [1.82, 2.24) is 14.6 Å². The van der Waals surface area contributed by atoms with E-state index in [4.69, 9.17) is 0 Å². The van der Waals surface area contributed by atoms with Crippen LogP contribution in [0.1, 0.15) is 5.69 Å². The minimum atomic E-state index is -0.111. The third-order valence-corrected chi connectivity index (χ3v) is 3.50. The lowest BCUT2D eigenvalue weighted by Crippen LogP contribution is -2.14. The second-order valence-electron chi connectivity index (χ2n) is 4.06. The van der Waals surface area contributed by atoms with Gasteiger partial charge in [0.05, 0.1) is 10.2 Å². The zero-order chi connectivity index (χ0) is 12.7. The Balaban J connectivity index is 2.37. The number of nitrogens with zero attached hydrogens (tertiary/aromatic N) is 2. The highest BCUT2D eigenvalue weighted by Gasteiger charge is 2.13. The molecule has 0 unspecified atom stereocenters. The normalized spacial score (nSPS) is 11.0. The van der Waals surface area contributed by atoms with E-state index in [0.717, 1.165) is 15.7 Å². The second kappa shape index (κ2) is 4.10. The second-order valence-corrected chi connectivity index (χ2v) is 4.85. The SMILES string of the molecule is Cc1cc(=O)n2[nH]c(-c3ccccc3)c(Br)c2n1. The molecule has 0 atom stereocenters. The summed E-state index contributed by atoms with van der Waals surface area (Å²) >= 11 is 3.50. The first-order chi connectivity index (χ1) is 8.66.